The van der Waals surface area contributed by atoms with E-state index < -0.39 is 0 Å². The number of hydrogen-bond acceptors (Lipinski definition) is 2. The molecule has 1 N–H and O–H groups in total. The summed E-state index contributed by atoms with van der Waals surface area (Å²) in [5.74, 6) is 0.283. The van der Waals surface area contributed by atoms with Crippen molar-refractivity contribution in [2.75, 3.05) is 6.54 Å². The highest BCUT2D eigenvalue weighted by atomic mass is 16.3. The van der Waals surface area contributed by atoms with Gasteiger partial charge < -0.3 is 5.11 Å². The number of phenolic OH excluding ortho intramolecular Hbond substituents is 1. The summed E-state index contributed by atoms with van der Waals surface area (Å²) in [5, 5.41) is 9.41. The summed E-state index contributed by atoms with van der Waals surface area (Å²) in [7, 11) is 0. The van der Waals surface area contributed by atoms with Crippen LogP contribution in [0.3, 0.4) is 0 Å². The fraction of sp³-hybridized carbons (Fsp3) is 0.188. The molecule has 0 unspecified atom stereocenters. The van der Waals surface area contributed by atoms with Crippen LogP contribution in [-0.2, 0) is 6.42 Å². The van der Waals surface area contributed by atoms with Gasteiger partial charge in [0, 0.05) is 12.8 Å². The third kappa shape index (κ3) is 3.45. The number of aryl methyl sites for hydroxylation is 1. The van der Waals surface area contributed by atoms with Crippen LogP contribution in [0.5, 0.6) is 5.75 Å². The van der Waals surface area contributed by atoms with Gasteiger partial charge >= 0.3 is 0 Å². The lowest BCUT2D eigenvalue weighted by atomic mass is 10.1. The number of aliphatic imine (C=N–C) groups is 1. The summed E-state index contributed by atoms with van der Waals surface area (Å²) >= 11 is 0. The van der Waals surface area contributed by atoms with Crippen molar-refractivity contribution in [3.05, 3.63) is 65.2 Å². The Kier molecular flexibility index (Phi) is 4.13. The van der Waals surface area contributed by atoms with E-state index in [1.54, 1.807) is 12.1 Å². The van der Waals surface area contributed by atoms with E-state index in [0.29, 0.717) is 0 Å². The topological polar surface area (TPSA) is 32.6 Å². The molecule has 0 spiro atoms. The van der Waals surface area contributed by atoms with E-state index in [2.05, 4.69) is 17.1 Å². The molecule has 0 aliphatic heterocycles. The van der Waals surface area contributed by atoms with Crippen LogP contribution >= 0.6 is 0 Å². The highest BCUT2D eigenvalue weighted by Crippen LogP contribution is 2.13. The summed E-state index contributed by atoms with van der Waals surface area (Å²) in [5.41, 5.74) is 3.39. The van der Waals surface area contributed by atoms with E-state index in [1.165, 1.54) is 5.56 Å². The van der Waals surface area contributed by atoms with Gasteiger partial charge in [0.25, 0.3) is 0 Å². The Bertz CT molecular complexity index is 532. The van der Waals surface area contributed by atoms with Gasteiger partial charge in [0.1, 0.15) is 5.75 Å². The molecule has 2 aromatic carbocycles. The maximum atomic E-state index is 9.41. The van der Waals surface area contributed by atoms with Gasteiger partial charge in [-0.15, -0.1) is 0 Å². The van der Waals surface area contributed by atoms with Crippen LogP contribution in [0.25, 0.3) is 0 Å². The molecule has 92 valence electrons. The van der Waals surface area contributed by atoms with Crippen molar-refractivity contribution < 1.29 is 5.11 Å². The quantitative estimate of drug-likeness (QED) is 0.815. The molecule has 2 aromatic rings. The van der Waals surface area contributed by atoms with E-state index in [-0.39, 0.29) is 5.75 Å². The van der Waals surface area contributed by atoms with E-state index in [9.17, 15) is 5.11 Å². The van der Waals surface area contributed by atoms with Gasteiger partial charge in [0.15, 0.2) is 0 Å². The molecule has 0 saturated carbocycles. The standard InChI is InChI=1S/C16H17NO/c1-13-7-8-16(18)11-15(13)12-17-10-9-14-5-3-2-4-6-14/h2-8,11-12,18H,9-10H2,1H3/b17-12+. The van der Waals surface area contributed by atoms with Crippen molar-refractivity contribution in [2.45, 2.75) is 13.3 Å². The molecule has 0 aliphatic carbocycles. The first-order valence-electron chi connectivity index (χ1n) is 6.09. The smallest absolute Gasteiger partial charge is 0.116 e. The second-order valence-corrected chi connectivity index (χ2v) is 4.31. The molecular weight excluding hydrogens is 222 g/mol. The van der Waals surface area contributed by atoms with Crippen LogP contribution in [0.15, 0.2) is 53.5 Å². The highest BCUT2D eigenvalue weighted by Gasteiger charge is 1.96. The Morgan fingerprint density at radius 3 is 2.67 bits per heavy atom. The molecule has 0 atom stereocenters. The monoisotopic (exact) mass is 239 g/mol. The van der Waals surface area contributed by atoms with E-state index >= 15 is 0 Å². The second kappa shape index (κ2) is 6.01. The minimum absolute atomic E-state index is 0.283. The Morgan fingerprint density at radius 2 is 1.89 bits per heavy atom. The molecule has 0 saturated heterocycles. The van der Waals surface area contributed by atoms with Crippen molar-refractivity contribution in [1.82, 2.24) is 0 Å². The molecule has 2 nitrogen and oxygen atoms in total. The fourth-order valence-corrected chi connectivity index (χ4v) is 1.77. The number of rotatable bonds is 4. The van der Waals surface area contributed by atoms with Crippen LogP contribution < -0.4 is 0 Å². The van der Waals surface area contributed by atoms with Gasteiger partial charge in [-0.1, -0.05) is 36.4 Å². The molecule has 2 heteroatoms. The molecule has 0 aromatic heterocycles. The number of benzene rings is 2. The summed E-state index contributed by atoms with van der Waals surface area (Å²) < 4.78 is 0. The number of hydrogen-bond donors (Lipinski definition) is 1. The molecule has 0 amide bonds. The van der Waals surface area contributed by atoms with E-state index in [4.69, 9.17) is 0 Å². The highest BCUT2D eigenvalue weighted by molar-refractivity contribution is 5.82. The van der Waals surface area contributed by atoms with Gasteiger partial charge in [-0.05, 0) is 42.2 Å². The molecule has 2 rings (SSSR count). The molecule has 18 heavy (non-hydrogen) atoms. The van der Waals surface area contributed by atoms with Gasteiger partial charge in [0.05, 0.1) is 0 Å². The first-order chi connectivity index (χ1) is 8.75. The predicted molar refractivity (Wildman–Crippen MR) is 75.5 cm³/mol. The number of aromatic hydroxyl groups is 1. The van der Waals surface area contributed by atoms with Crippen molar-refractivity contribution in [2.24, 2.45) is 4.99 Å². The van der Waals surface area contributed by atoms with Crippen molar-refractivity contribution >= 4 is 6.21 Å². The summed E-state index contributed by atoms with van der Waals surface area (Å²) in [4.78, 5) is 4.40. The van der Waals surface area contributed by atoms with Gasteiger partial charge in [-0.2, -0.15) is 0 Å². The van der Waals surface area contributed by atoms with Gasteiger partial charge in [-0.3, -0.25) is 4.99 Å². The molecule has 0 bridgehead atoms. The lowest BCUT2D eigenvalue weighted by Crippen LogP contribution is -1.92. The third-order valence-corrected chi connectivity index (χ3v) is 2.87. The summed E-state index contributed by atoms with van der Waals surface area (Å²) in [6, 6.07) is 15.6. The number of phenols is 1. The second-order valence-electron chi connectivity index (χ2n) is 4.31. The van der Waals surface area contributed by atoms with Crippen molar-refractivity contribution in [3.8, 4) is 5.75 Å². The van der Waals surface area contributed by atoms with Crippen LogP contribution in [-0.4, -0.2) is 17.9 Å². The molecular formula is C16H17NO. The first kappa shape index (κ1) is 12.4. The SMILES string of the molecule is Cc1ccc(O)cc1/C=N/CCc1ccccc1. The van der Waals surface area contributed by atoms with Crippen LogP contribution in [0.1, 0.15) is 16.7 Å². The lowest BCUT2D eigenvalue weighted by molar-refractivity contribution is 0.475. The predicted octanol–water partition coefficient (Wildman–Crippen LogP) is 3.36. The molecule has 0 aliphatic rings. The fourth-order valence-electron chi connectivity index (χ4n) is 1.77. The van der Waals surface area contributed by atoms with Crippen LogP contribution in [0.4, 0.5) is 0 Å². The average molecular weight is 239 g/mol. The zero-order chi connectivity index (χ0) is 12.8. The Morgan fingerprint density at radius 1 is 1.11 bits per heavy atom. The summed E-state index contributed by atoms with van der Waals surface area (Å²) in [6.45, 7) is 2.77. The zero-order valence-electron chi connectivity index (χ0n) is 10.5. The Labute approximate surface area is 108 Å². The maximum Gasteiger partial charge on any atom is 0.116 e. The maximum absolute atomic E-state index is 9.41. The van der Waals surface area contributed by atoms with Crippen LogP contribution in [0, 0.1) is 6.92 Å². The van der Waals surface area contributed by atoms with E-state index in [0.717, 1.165) is 24.1 Å². The Hall–Kier alpha value is -2.09. The lowest BCUT2D eigenvalue weighted by Gasteiger charge is -2.01. The van der Waals surface area contributed by atoms with Crippen molar-refractivity contribution in [1.29, 1.82) is 0 Å². The molecule has 0 radical (unpaired) electrons. The average Bonchev–Trinajstić information content (AvgIpc) is 2.40. The first-order valence-corrected chi connectivity index (χ1v) is 6.09. The molecule has 0 fully saturated rings. The number of nitrogens with zero attached hydrogens (tertiary/aromatic N) is 1. The van der Waals surface area contributed by atoms with E-state index in [1.807, 2.05) is 37.4 Å². The van der Waals surface area contributed by atoms with Crippen molar-refractivity contribution in [3.63, 3.8) is 0 Å². The largest absolute Gasteiger partial charge is 0.508 e. The normalized spacial score (nSPS) is 10.9. The van der Waals surface area contributed by atoms with Gasteiger partial charge in [-0.25, -0.2) is 0 Å². The minimum atomic E-state index is 0.283. The zero-order valence-corrected chi connectivity index (χ0v) is 10.5. The minimum Gasteiger partial charge on any atom is -0.508 e. The Balaban J connectivity index is 1.94. The third-order valence-electron chi connectivity index (χ3n) is 2.87. The van der Waals surface area contributed by atoms with Crippen LogP contribution in [0.2, 0.25) is 0 Å². The molecule has 0 heterocycles. The van der Waals surface area contributed by atoms with Gasteiger partial charge in [0.2, 0.25) is 0 Å². The summed E-state index contributed by atoms with van der Waals surface area (Å²) in [6.07, 6.45) is 2.77.